The molecule has 0 radical (unpaired) electrons. The van der Waals surface area contributed by atoms with Crippen molar-refractivity contribution in [2.45, 2.75) is 49.5 Å². The second-order valence-electron chi connectivity index (χ2n) is 9.47. The van der Waals surface area contributed by atoms with Crippen molar-refractivity contribution in [3.63, 3.8) is 0 Å². The number of nitrogens with zero attached hydrogens (tertiary/aromatic N) is 4. The van der Waals surface area contributed by atoms with Crippen molar-refractivity contribution in [2.75, 3.05) is 32.7 Å². The topological polar surface area (TPSA) is 72.6 Å². The van der Waals surface area contributed by atoms with Crippen LogP contribution in [-0.4, -0.2) is 63.8 Å². The van der Waals surface area contributed by atoms with Crippen LogP contribution in [0.25, 0.3) is 0 Å². The zero-order chi connectivity index (χ0) is 22.2. The molecule has 32 heavy (non-hydrogen) atoms. The summed E-state index contributed by atoms with van der Waals surface area (Å²) in [5.74, 6) is -0.369. The van der Waals surface area contributed by atoms with Gasteiger partial charge in [-0.25, -0.2) is 4.39 Å². The average Bonchev–Trinajstić information content (AvgIpc) is 3.56. The Morgan fingerprint density at radius 3 is 2.50 bits per heavy atom. The maximum atomic E-state index is 14.3. The van der Waals surface area contributed by atoms with Crippen molar-refractivity contribution in [1.82, 2.24) is 14.8 Å². The molecule has 3 heterocycles. The minimum atomic E-state index is -0.957. The molecule has 1 N–H and O–H groups in total. The predicted molar refractivity (Wildman–Crippen MR) is 117 cm³/mol. The van der Waals surface area contributed by atoms with Crippen molar-refractivity contribution in [3.05, 3.63) is 65.2 Å². The summed E-state index contributed by atoms with van der Waals surface area (Å²) in [7, 11) is 0. The molecule has 5 rings (SSSR count). The number of hydrogen-bond acceptors (Lipinski definition) is 6. The first-order valence-electron chi connectivity index (χ1n) is 11.4. The van der Waals surface area contributed by atoms with Crippen LogP contribution in [0.3, 0.4) is 0 Å². The van der Waals surface area contributed by atoms with Gasteiger partial charge in [0.1, 0.15) is 18.1 Å². The normalized spacial score (nSPS) is 23.2. The van der Waals surface area contributed by atoms with E-state index in [0.29, 0.717) is 24.2 Å². The van der Waals surface area contributed by atoms with Crippen molar-refractivity contribution in [3.8, 4) is 6.07 Å². The summed E-state index contributed by atoms with van der Waals surface area (Å²) in [5, 5.41) is 20.3. The lowest BCUT2D eigenvalue weighted by Gasteiger charge is -2.51. The van der Waals surface area contributed by atoms with E-state index >= 15 is 0 Å². The Labute approximate surface area is 188 Å². The van der Waals surface area contributed by atoms with Crippen LogP contribution in [0, 0.1) is 17.1 Å². The van der Waals surface area contributed by atoms with E-state index in [2.05, 4.69) is 16.0 Å². The van der Waals surface area contributed by atoms with Gasteiger partial charge in [-0.3, -0.25) is 9.88 Å². The van der Waals surface area contributed by atoms with Gasteiger partial charge in [-0.05, 0) is 43.9 Å². The minimum Gasteiger partial charge on any atom is -0.374 e. The number of aliphatic hydroxyl groups is 1. The summed E-state index contributed by atoms with van der Waals surface area (Å²) in [6, 6.07) is 12.3. The van der Waals surface area contributed by atoms with Gasteiger partial charge in [0.05, 0.1) is 22.5 Å². The fraction of sp³-hybridized carbons (Fsp3) is 0.520. The maximum Gasteiger partial charge on any atom is 0.136 e. The van der Waals surface area contributed by atoms with Crippen LogP contribution in [0.5, 0.6) is 0 Å². The van der Waals surface area contributed by atoms with Crippen LogP contribution in [0.4, 0.5) is 4.39 Å². The fourth-order valence-electron chi connectivity index (χ4n) is 5.22. The van der Waals surface area contributed by atoms with Crippen LogP contribution in [0.2, 0.25) is 0 Å². The quantitative estimate of drug-likeness (QED) is 0.777. The van der Waals surface area contributed by atoms with Crippen molar-refractivity contribution < 1.29 is 14.2 Å². The number of pyridine rings is 1. The van der Waals surface area contributed by atoms with E-state index < -0.39 is 6.23 Å². The van der Waals surface area contributed by atoms with E-state index in [0.717, 1.165) is 57.4 Å². The first kappa shape index (κ1) is 21.5. The number of piperidine rings is 1. The summed E-state index contributed by atoms with van der Waals surface area (Å²) in [5.41, 5.74) is 1.33. The lowest BCUT2D eigenvalue weighted by molar-refractivity contribution is -0.213. The molecule has 1 unspecified atom stereocenters. The van der Waals surface area contributed by atoms with Gasteiger partial charge in [-0.15, -0.1) is 0 Å². The van der Waals surface area contributed by atoms with Gasteiger partial charge < -0.3 is 14.7 Å². The Morgan fingerprint density at radius 2 is 1.81 bits per heavy atom. The average molecular weight is 437 g/mol. The van der Waals surface area contributed by atoms with Gasteiger partial charge in [0.15, 0.2) is 0 Å². The van der Waals surface area contributed by atoms with Gasteiger partial charge in [-0.2, -0.15) is 5.26 Å². The van der Waals surface area contributed by atoms with E-state index in [-0.39, 0.29) is 17.0 Å². The van der Waals surface area contributed by atoms with E-state index in [4.69, 9.17) is 4.74 Å². The highest BCUT2D eigenvalue weighted by molar-refractivity contribution is 5.32. The molecular weight excluding hydrogens is 407 g/mol. The monoisotopic (exact) mass is 436 g/mol. The van der Waals surface area contributed by atoms with Crippen LogP contribution in [0.15, 0.2) is 42.6 Å². The molecular formula is C25H29FN4O2. The molecule has 1 aromatic heterocycles. The second kappa shape index (κ2) is 8.53. The molecule has 1 saturated carbocycles. The smallest absolute Gasteiger partial charge is 0.136 e. The van der Waals surface area contributed by atoms with Gasteiger partial charge in [0, 0.05) is 50.9 Å². The Bertz CT molecular complexity index is 1010. The van der Waals surface area contributed by atoms with Gasteiger partial charge in [0.25, 0.3) is 0 Å². The Balaban J connectivity index is 1.24. The van der Waals surface area contributed by atoms with Gasteiger partial charge in [0.2, 0.25) is 0 Å². The minimum absolute atomic E-state index is 0.192. The molecule has 2 saturated heterocycles. The fourth-order valence-corrected chi connectivity index (χ4v) is 5.22. The first-order chi connectivity index (χ1) is 15.5. The Morgan fingerprint density at radius 1 is 1.09 bits per heavy atom. The summed E-state index contributed by atoms with van der Waals surface area (Å²) in [6.07, 6.45) is 5.28. The van der Waals surface area contributed by atoms with Gasteiger partial charge >= 0.3 is 0 Å². The summed E-state index contributed by atoms with van der Waals surface area (Å²) < 4.78 is 21.0. The van der Waals surface area contributed by atoms with Crippen molar-refractivity contribution in [2.24, 2.45) is 0 Å². The third kappa shape index (κ3) is 4.28. The first-order valence-corrected chi connectivity index (χ1v) is 11.4. The van der Waals surface area contributed by atoms with Crippen molar-refractivity contribution in [1.29, 1.82) is 5.26 Å². The second-order valence-corrected chi connectivity index (χ2v) is 9.47. The van der Waals surface area contributed by atoms with Crippen LogP contribution < -0.4 is 0 Å². The SMILES string of the molecule is N#Cc1cccnc1CCN1CCC2(CC1)CN(C(O)c1ccccc1F)CC1(CC1)O2. The predicted octanol–water partition coefficient (Wildman–Crippen LogP) is 3.03. The molecule has 2 spiro atoms. The molecule has 7 heteroatoms. The maximum absolute atomic E-state index is 14.3. The number of morpholine rings is 1. The van der Waals surface area contributed by atoms with E-state index in [1.165, 1.54) is 6.07 Å². The van der Waals surface area contributed by atoms with Crippen LogP contribution >= 0.6 is 0 Å². The molecule has 1 aromatic carbocycles. The molecule has 1 aliphatic carbocycles. The molecule has 2 aliphatic heterocycles. The van der Waals surface area contributed by atoms with Gasteiger partial charge in [-0.1, -0.05) is 18.2 Å². The highest BCUT2D eigenvalue weighted by Gasteiger charge is 2.56. The number of aliphatic hydroxyl groups excluding tert-OH is 1. The zero-order valence-corrected chi connectivity index (χ0v) is 18.2. The number of hydrogen-bond donors (Lipinski definition) is 1. The number of aromatic nitrogens is 1. The molecule has 0 amide bonds. The van der Waals surface area contributed by atoms with E-state index in [1.807, 2.05) is 11.0 Å². The van der Waals surface area contributed by atoms with E-state index in [9.17, 15) is 14.8 Å². The van der Waals surface area contributed by atoms with Crippen molar-refractivity contribution >= 4 is 0 Å². The molecule has 3 aliphatic rings. The number of rotatable bonds is 5. The molecule has 2 aromatic rings. The number of ether oxygens (including phenoxy) is 1. The number of likely N-dealkylation sites (tertiary alicyclic amines) is 1. The lowest BCUT2D eigenvalue weighted by atomic mass is 9.87. The standard InChI is InChI=1S/C25H29FN4O2/c26-21-6-2-1-5-20(21)23(31)30-17-24(8-9-24)32-25(18-30)10-14-29(15-11-25)13-7-22-19(16-27)4-3-12-28-22/h1-6,12,23,31H,7-11,13-15,17-18H2. The van der Waals surface area contributed by atoms with Crippen LogP contribution in [0.1, 0.15) is 48.7 Å². The zero-order valence-electron chi connectivity index (χ0n) is 18.2. The third-order valence-electron chi connectivity index (χ3n) is 7.20. The summed E-state index contributed by atoms with van der Waals surface area (Å²) in [6.45, 7) is 3.90. The Kier molecular flexibility index (Phi) is 5.72. The molecule has 0 bridgehead atoms. The highest BCUT2D eigenvalue weighted by Crippen LogP contribution is 2.50. The summed E-state index contributed by atoms with van der Waals surface area (Å²) >= 11 is 0. The van der Waals surface area contributed by atoms with Crippen LogP contribution in [-0.2, 0) is 11.2 Å². The Hall–Kier alpha value is -2.37. The largest absolute Gasteiger partial charge is 0.374 e. The number of benzene rings is 1. The molecule has 6 nitrogen and oxygen atoms in total. The molecule has 1 atom stereocenters. The summed E-state index contributed by atoms with van der Waals surface area (Å²) in [4.78, 5) is 8.78. The number of halogens is 1. The highest BCUT2D eigenvalue weighted by atomic mass is 19.1. The third-order valence-corrected chi connectivity index (χ3v) is 7.20. The van der Waals surface area contributed by atoms with E-state index in [1.54, 1.807) is 30.5 Å². The lowest BCUT2D eigenvalue weighted by Crippen LogP contribution is -2.61. The molecule has 168 valence electrons. The molecule has 3 fully saturated rings. The number of nitriles is 1.